The predicted molar refractivity (Wildman–Crippen MR) is 98.1 cm³/mol. The number of rotatable bonds is 3. The van der Waals surface area contributed by atoms with Crippen molar-refractivity contribution in [2.75, 3.05) is 12.4 Å². The summed E-state index contributed by atoms with van der Waals surface area (Å²) in [7, 11) is 1.61. The van der Waals surface area contributed by atoms with E-state index in [0.29, 0.717) is 23.6 Å². The fraction of sp³-hybridized carbons (Fsp3) is 0.588. The van der Waals surface area contributed by atoms with Crippen molar-refractivity contribution in [3.05, 3.63) is 22.7 Å². The Hall–Kier alpha value is -0.780. The van der Waals surface area contributed by atoms with Crippen LogP contribution >= 0.6 is 28.3 Å². The summed E-state index contributed by atoms with van der Waals surface area (Å²) in [5, 5.41) is 3.04. The van der Waals surface area contributed by atoms with Crippen molar-refractivity contribution in [2.24, 2.45) is 23.5 Å². The van der Waals surface area contributed by atoms with Crippen LogP contribution in [0.2, 0.25) is 0 Å². The summed E-state index contributed by atoms with van der Waals surface area (Å²) >= 11 is 3.44. The van der Waals surface area contributed by atoms with Gasteiger partial charge in [0.15, 0.2) is 0 Å². The molecule has 0 saturated heterocycles. The highest BCUT2D eigenvalue weighted by Crippen LogP contribution is 2.42. The largest absolute Gasteiger partial charge is 0.495 e. The van der Waals surface area contributed by atoms with E-state index in [9.17, 15) is 4.79 Å². The Morgan fingerprint density at radius 3 is 2.57 bits per heavy atom. The molecule has 2 aliphatic carbocycles. The molecule has 0 aliphatic heterocycles. The van der Waals surface area contributed by atoms with Crippen molar-refractivity contribution in [3.63, 3.8) is 0 Å². The molecular formula is C17H24BrClN2O2. The Morgan fingerprint density at radius 1 is 1.30 bits per heavy atom. The molecule has 0 aromatic heterocycles. The molecule has 1 amide bonds. The van der Waals surface area contributed by atoms with Gasteiger partial charge in [0.2, 0.25) is 5.91 Å². The molecule has 3 rings (SSSR count). The van der Waals surface area contributed by atoms with E-state index >= 15 is 0 Å². The van der Waals surface area contributed by atoms with Gasteiger partial charge in [0.25, 0.3) is 0 Å². The number of nitrogens with two attached hydrogens (primary N) is 1. The number of halogens is 2. The number of anilines is 1. The molecule has 0 radical (unpaired) electrons. The van der Waals surface area contributed by atoms with Crippen LogP contribution in [0.1, 0.15) is 32.1 Å². The topological polar surface area (TPSA) is 64.3 Å². The number of amides is 1. The van der Waals surface area contributed by atoms with Crippen LogP contribution in [0.15, 0.2) is 22.7 Å². The third kappa shape index (κ3) is 4.01. The fourth-order valence-electron chi connectivity index (χ4n) is 4.02. The summed E-state index contributed by atoms with van der Waals surface area (Å²) in [6.45, 7) is 0. The second-order valence-corrected chi connectivity index (χ2v) is 7.45. The van der Waals surface area contributed by atoms with Crippen molar-refractivity contribution in [1.82, 2.24) is 0 Å². The maximum absolute atomic E-state index is 12.7. The fourth-order valence-corrected chi connectivity index (χ4v) is 4.38. The number of nitrogens with one attached hydrogen (secondary N) is 1. The molecule has 2 atom stereocenters. The third-order valence-corrected chi connectivity index (χ3v) is 5.70. The molecule has 0 heterocycles. The quantitative estimate of drug-likeness (QED) is 0.802. The van der Waals surface area contributed by atoms with E-state index in [4.69, 9.17) is 10.5 Å². The number of ether oxygens (including phenoxy) is 1. The second-order valence-electron chi connectivity index (χ2n) is 6.53. The zero-order valence-electron chi connectivity index (χ0n) is 13.3. The zero-order chi connectivity index (χ0) is 15.7. The highest BCUT2D eigenvalue weighted by Gasteiger charge is 2.40. The number of carbonyl (C=O) groups is 1. The highest BCUT2D eigenvalue weighted by molar-refractivity contribution is 9.10. The van der Waals surface area contributed by atoms with E-state index in [-0.39, 0.29) is 24.2 Å². The van der Waals surface area contributed by atoms with Gasteiger partial charge in [-0.3, -0.25) is 4.79 Å². The first kappa shape index (κ1) is 18.6. The molecule has 2 aliphatic rings. The maximum atomic E-state index is 12.7. The maximum Gasteiger partial charge on any atom is 0.227 e. The molecule has 2 saturated carbocycles. The van der Waals surface area contributed by atoms with Gasteiger partial charge in [-0.1, -0.05) is 22.4 Å². The SMILES string of the molecule is COc1ccc(Br)cc1NC(=O)C1CC2CCCC(C1)C2N.Cl. The molecule has 6 heteroatoms. The van der Waals surface area contributed by atoms with Gasteiger partial charge < -0.3 is 15.8 Å². The van der Waals surface area contributed by atoms with Gasteiger partial charge in [-0.05, 0) is 55.7 Å². The lowest BCUT2D eigenvalue weighted by Gasteiger charge is -2.43. The van der Waals surface area contributed by atoms with Crippen molar-refractivity contribution in [1.29, 1.82) is 0 Å². The Bertz CT molecular complexity index is 556. The summed E-state index contributed by atoms with van der Waals surface area (Å²) in [6, 6.07) is 5.92. The van der Waals surface area contributed by atoms with Gasteiger partial charge in [0, 0.05) is 16.4 Å². The summed E-state index contributed by atoms with van der Waals surface area (Å²) in [5.74, 6) is 1.86. The van der Waals surface area contributed by atoms with E-state index in [0.717, 1.165) is 23.0 Å². The minimum Gasteiger partial charge on any atom is -0.495 e. The van der Waals surface area contributed by atoms with Crippen LogP contribution in [0.25, 0.3) is 0 Å². The molecular weight excluding hydrogens is 380 g/mol. The van der Waals surface area contributed by atoms with Gasteiger partial charge >= 0.3 is 0 Å². The number of methoxy groups -OCH3 is 1. The molecule has 2 fully saturated rings. The lowest BCUT2D eigenvalue weighted by molar-refractivity contribution is -0.122. The van der Waals surface area contributed by atoms with E-state index in [1.54, 1.807) is 7.11 Å². The second kappa shape index (κ2) is 7.86. The number of carbonyl (C=O) groups excluding carboxylic acids is 1. The average Bonchev–Trinajstić information content (AvgIpc) is 2.47. The minimum atomic E-state index is 0. The molecule has 4 nitrogen and oxygen atoms in total. The first-order chi connectivity index (χ1) is 10.6. The standard InChI is InChI=1S/C17H23BrN2O2.ClH/c1-22-15-6-5-13(18)9-14(15)20-17(21)12-7-10-3-2-4-11(8-12)16(10)19;/h5-6,9-12,16H,2-4,7-8,19H2,1H3,(H,20,21);1H. The molecule has 1 aromatic rings. The monoisotopic (exact) mass is 402 g/mol. The number of benzene rings is 1. The van der Waals surface area contributed by atoms with Crippen molar-refractivity contribution in [3.8, 4) is 5.75 Å². The molecule has 23 heavy (non-hydrogen) atoms. The predicted octanol–water partition coefficient (Wildman–Crippen LogP) is 3.97. The highest BCUT2D eigenvalue weighted by atomic mass is 79.9. The van der Waals surface area contributed by atoms with Crippen LogP contribution in [0.3, 0.4) is 0 Å². The normalized spacial score (nSPS) is 29.3. The van der Waals surface area contributed by atoms with Crippen LogP contribution in [0.5, 0.6) is 5.75 Å². The summed E-state index contributed by atoms with van der Waals surface area (Å²) < 4.78 is 6.25. The number of hydrogen-bond acceptors (Lipinski definition) is 3. The van der Waals surface area contributed by atoms with Crippen LogP contribution < -0.4 is 15.8 Å². The average molecular weight is 404 g/mol. The molecule has 2 unspecified atom stereocenters. The van der Waals surface area contributed by atoms with E-state index in [2.05, 4.69) is 21.2 Å². The smallest absolute Gasteiger partial charge is 0.227 e. The van der Waals surface area contributed by atoms with Crippen molar-refractivity contribution in [2.45, 2.75) is 38.1 Å². The van der Waals surface area contributed by atoms with Crippen molar-refractivity contribution < 1.29 is 9.53 Å². The van der Waals surface area contributed by atoms with Gasteiger partial charge in [-0.25, -0.2) is 0 Å². The third-order valence-electron chi connectivity index (χ3n) is 5.20. The summed E-state index contributed by atoms with van der Waals surface area (Å²) in [6.07, 6.45) is 5.43. The zero-order valence-corrected chi connectivity index (χ0v) is 15.7. The van der Waals surface area contributed by atoms with Crippen molar-refractivity contribution >= 4 is 39.9 Å². The Kier molecular flexibility index (Phi) is 6.34. The van der Waals surface area contributed by atoms with E-state index in [1.807, 2.05) is 18.2 Å². The van der Waals surface area contributed by atoms with Crippen LogP contribution in [0, 0.1) is 17.8 Å². The first-order valence-corrected chi connectivity index (χ1v) is 8.77. The summed E-state index contributed by atoms with van der Waals surface area (Å²) in [5.41, 5.74) is 7.03. The molecule has 128 valence electrons. The number of fused-ring (bicyclic) bond motifs is 2. The van der Waals surface area contributed by atoms with Gasteiger partial charge in [-0.15, -0.1) is 12.4 Å². The molecule has 1 aromatic carbocycles. The van der Waals surface area contributed by atoms with Crippen LogP contribution in [-0.2, 0) is 4.79 Å². The molecule has 2 bridgehead atoms. The van der Waals surface area contributed by atoms with Gasteiger partial charge in [0.05, 0.1) is 12.8 Å². The Labute approximate surface area is 152 Å². The van der Waals surface area contributed by atoms with E-state index in [1.165, 1.54) is 19.3 Å². The van der Waals surface area contributed by atoms with E-state index < -0.39 is 0 Å². The minimum absolute atomic E-state index is 0. The summed E-state index contributed by atoms with van der Waals surface area (Å²) in [4.78, 5) is 12.7. The molecule has 3 N–H and O–H groups in total. The lowest BCUT2D eigenvalue weighted by atomic mass is 9.65. The van der Waals surface area contributed by atoms with Gasteiger partial charge in [-0.2, -0.15) is 0 Å². The molecule has 0 spiro atoms. The number of hydrogen-bond donors (Lipinski definition) is 2. The Morgan fingerprint density at radius 2 is 1.96 bits per heavy atom. The van der Waals surface area contributed by atoms with Crippen LogP contribution in [0.4, 0.5) is 5.69 Å². The first-order valence-electron chi connectivity index (χ1n) is 7.98. The Balaban J connectivity index is 0.00000192. The lowest BCUT2D eigenvalue weighted by Crippen LogP contribution is -2.48. The van der Waals surface area contributed by atoms with Gasteiger partial charge in [0.1, 0.15) is 5.75 Å². The van der Waals surface area contributed by atoms with Crippen LogP contribution in [-0.4, -0.2) is 19.1 Å².